The van der Waals surface area contributed by atoms with Gasteiger partial charge in [0.15, 0.2) is 5.84 Å². The van der Waals surface area contributed by atoms with E-state index in [4.69, 9.17) is 22.5 Å². The molecule has 1 heterocycles. The van der Waals surface area contributed by atoms with Crippen molar-refractivity contribution >= 4 is 23.1 Å². The molecule has 1 fully saturated rings. The zero-order valence-corrected chi connectivity index (χ0v) is 10.6. The van der Waals surface area contributed by atoms with Gasteiger partial charge in [-0.1, -0.05) is 16.8 Å². The molecule has 1 aromatic rings. The summed E-state index contributed by atoms with van der Waals surface area (Å²) < 4.78 is 0. The minimum Gasteiger partial charge on any atom is -0.409 e. The number of amidine groups is 1. The molecule has 0 unspecified atom stereocenters. The lowest BCUT2D eigenvalue weighted by molar-refractivity contribution is 0.145. The second kappa shape index (κ2) is 5.46. The fourth-order valence-corrected chi connectivity index (χ4v) is 2.36. The number of aliphatic hydroxyl groups is 1. The molecule has 1 saturated heterocycles. The van der Waals surface area contributed by atoms with Gasteiger partial charge in [-0.3, -0.25) is 0 Å². The Morgan fingerprint density at radius 1 is 1.39 bits per heavy atom. The monoisotopic (exact) mass is 269 g/mol. The van der Waals surface area contributed by atoms with Gasteiger partial charge >= 0.3 is 0 Å². The van der Waals surface area contributed by atoms with Gasteiger partial charge in [0.2, 0.25) is 0 Å². The number of halogens is 1. The van der Waals surface area contributed by atoms with Crippen LogP contribution in [0.25, 0.3) is 0 Å². The number of nitrogens with two attached hydrogens (primary N) is 1. The van der Waals surface area contributed by atoms with Crippen molar-refractivity contribution in [1.82, 2.24) is 0 Å². The summed E-state index contributed by atoms with van der Waals surface area (Å²) in [7, 11) is 0. The van der Waals surface area contributed by atoms with Crippen molar-refractivity contribution in [2.75, 3.05) is 18.0 Å². The number of oxime groups is 1. The third-order valence-electron chi connectivity index (χ3n) is 3.17. The van der Waals surface area contributed by atoms with E-state index in [2.05, 4.69) is 10.1 Å². The second-order valence-electron chi connectivity index (χ2n) is 4.37. The highest BCUT2D eigenvalue weighted by molar-refractivity contribution is 6.34. The zero-order valence-electron chi connectivity index (χ0n) is 9.88. The van der Waals surface area contributed by atoms with E-state index in [1.54, 1.807) is 12.1 Å². The van der Waals surface area contributed by atoms with E-state index in [9.17, 15) is 5.11 Å². The summed E-state index contributed by atoms with van der Waals surface area (Å²) in [5.41, 5.74) is 7.01. The van der Waals surface area contributed by atoms with Crippen molar-refractivity contribution in [3.63, 3.8) is 0 Å². The van der Waals surface area contributed by atoms with Crippen LogP contribution in [0.15, 0.2) is 23.4 Å². The summed E-state index contributed by atoms with van der Waals surface area (Å²) in [4.78, 5) is 2.16. The first-order valence-corrected chi connectivity index (χ1v) is 6.20. The van der Waals surface area contributed by atoms with E-state index in [-0.39, 0.29) is 11.9 Å². The average Bonchev–Trinajstić information content (AvgIpc) is 2.38. The Kier molecular flexibility index (Phi) is 3.93. The fraction of sp³-hybridized carbons (Fsp3) is 0.417. The van der Waals surface area contributed by atoms with E-state index >= 15 is 0 Å². The van der Waals surface area contributed by atoms with Crippen LogP contribution < -0.4 is 10.6 Å². The van der Waals surface area contributed by atoms with E-state index in [0.717, 1.165) is 31.6 Å². The molecule has 0 saturated carbocycles. The summed E-state index contributed by atoms with van der Waals surface area (Å²) in [6, 6.07) is 5.42. The summed E-state index contributed by atoms with van der Waals surface area (Å²) in [6.07, 6.45) is 1.33. The van der Waals surface area contributed by atoms with Gasteiger partial charge in [-0.15, -0.1) is 0 Å². The van der Waals surface area contributed by atoms with Gasteiger partial charge in [-0.2, -0.15) is 0 Å². The molecule has 0 atom stereocenters. The SMILES string of the molecule is NC(=NO)c1ccc(N2CCC(O)CC2)cc1Cl. The molecule has 0 aliphatic carbocycles. The van der Waals surface area contributed by atoms with Crippen LogP contribution in [0.4, 0.5) is 5.69 Å². The molecule has 2 rings (SSSR count). The summed E-state index contributed by atoms with van der Waals surface area (Å²) in [5, 5.41) is 21.5. The molecular weight excluding hydrogens is 254 g/mol. The van der Waals surface area contributed by atoms with Crippen LogP contribution in [-0.2, 0) is 0 Å². The topological polar surface area (TPSA) is 82.1 Å². The van der Waals surface area contributed by atoms with Crippen LogP contribution in [-0.4, -0.2) is 35.3 Å². The van der Waals surface area contributed by atoms with Crippen LogP contribution in [0.2, 0.25) is 5.02 Å². The smallest absolute Gasteiger partial charge is 0.171 e. The Bertz CT molecular complexity index is 457. The molecule has 0 spiro atoms. The van der Waals surface area contributed by atoms with Gasteiger partial charge in [0.05, 0.1) is 11.1 Å². The summed E-state index contributed by atoms with van der Waals surface area (Å²) in [5.74, 6) is 0.000571. The van der Waals surface area contributed by atoms with Crippen molar-refractivity contribution in [3.05, 3.63) is 28.8 Å². The zero-order chi connectivity index (χ0) is 13.1. The molecule has 0 bridgehead atoms. The number of piperidine rings is 1. The van der Waals surface area contributed by atoms with Gasteiger partial charge in [0, 0.05) is 24.3 Å². The third kappa shape index (κ3) is 2.68. The standard InChI is InChI=1S/C12H16ClN3O2/c13-11-7-8(1-2-10(11)12(14)15-18)16-5-3-9(17)4-6-16/h1-2,7,9,17-18H,3-6H2,(H2,14,15). The normalized spacial score (nSPS) is 18.1. The number of anilines is 1. The van der Waals surface area contributed by atoms with Gasteiger partial charge in [0.1, 0.15) is 0 Å². The first kappa shape index (κ1) is 13.0. The molecule has 4 N–H and O–H groups in total. The highest BCUT2D eigenvalue weighted by Gasteiger charge is 2.18. The Hall–Kier alpha value is -1.46. The first-order chi connectivity index (χ1) is 8.61. The van der Waals surface area contributed by atoms with Gasteiger partial charge in [-0.25, -0.2) is 0 Å². The molecule has 18 heavy (non-hydrogen) atoms. The number of hydrogen-bond acceptors (Lipinski definition) is 4. The van der Waals surface area contributed by atoms with Crippen LogP contribution in [0.3, 0.4) is 0 Å². The van der Waals surface area contributed by atoms with Crippen molar-refractivity contribution in [2.24, 2.45) is 10.9 Å². The van der Waals surface area contributed by atoms with E-state index in [1.807, 2.05) is 6.07 Å². The molecule has 6 heteroatoms. The second-order valence-corrected chi connectivity index (χ2v) is 4.77. The predicted octanol–water partition coefficient (Wildman–Crippen LogP) is 1.40. The van der Waals surface area contributed by atoms with Crippen LogP contribution in [0.1, 0.15) is 18.4 Å². The molecule has 0 amide bonds. The molecule has 98 valence electrons. The number of nitrogens with zero attached hydrogens (tertiary/aromatic N) is 2. The summed E-state index contributed by atoms with van der Waals surface area (Å²) >= 11 is 6.10. The summed E-state index contributed by atoms with van der Waals surface area (Å²) in [6.45, 7) is 1.61. The van der Waals surface area contributed by atoms with Gasteiger partial charge in [0.25, 0.3) is 0 Å². The Balaban J connectivity index is 2.19. The maximum Gasteiger partial charge on any atom is 0.171 e. The van der Waals surface area contributed by atoms with Crippen molar-refractivity contribution < 1.29 is 10.3 Å². The van der Waals surface area contributed by atoms with E-state index < -0.39 is 0 Å². The highest BCUT2D eigenvalue weighted by atomic mass is 35.5. The lowest BCUT2D eigenvalue weighted by Crippen LogP contribution is -2.35. The van der Waals surface area contributed by atoms with Crippen LogP contribution in [0, 0.1) is 0 Å². The molecule has 1 aliphatic rings. The largest absolute Gasteiger partial charge is 0.409 e. The van der Waals surface area contributed by atoms with Crippen LogP contribution in [0.5, 0.6) is 0 Å². The quantitative estimate of drug-likeness (QED) is 0.328. The van der Waals surface area contributed by atoms with E-state index in [0.29, 0.717) is 10.6 Å². The van der Waals surface area contributed by atoms with Crippen molar-refractivity contribution in [2.45, 2.75) is 18.9 Å². The molecule has 1 aromatic carbocycles. The number of hydrogen-bond donors (Lipinski definition) is 3. The number of rotatable bonds is 2. The predicted molar refractivity (Wildman–Crippen MR) is 71.4 cm³/mol. The molecule has 0 radical (unpaired) electrons. The Morgan fingerprint density at radius 2 is 2.06 bits per heavy atom. The fourth-order valence-electron chi connectivity index (χ4n) is 2.09. The number of benzene rings is 1. The lowest BCUT2D eigenvalue weighted by atomic mass is 10.1. The molecular formula is C12H16ClN3O2. The lowest BCUT2D eigenvalue weighted by Gasteiger charge is -2.31. The third-order valence-corrected chi connectivity index (χ3v) is 3.48. The maximum absolute atomic E-state index is 9.46. The Labute approximate surface area is 110 Å². The van der Waals surface area contributed by atoms with Crippen molar-refractivity contribution in [3.8, 4) is 0 Å². The van der Waals surface area contributed by atoms with Crippen LogP contribution >= 0.6 is 11.6 Å². The minimum atomic E-state index is -0.201. The minimum absolute atomic E-state index is 0.000571. The molecule has 1 aliphatic heterocycles. The highest BCUT2D eigenvalue weighted by Crippen LogP contribution is 2.26. The Morgan fingerprint density at radius 3 is 2.61 bits per heavy atom. The molecule has 0 aromatic heterocycles. The van der Waals surface area contributed by atoms with Crippen molar-refractivity contribution in [1.29, 1.82) is 0 Å². The number of aliphatic hydroxyl groups excluding tert-OH is 1. The van der Waals surface area contributed by atoms with E-state index in [1.165, 1.54) is 0 Å². The van der Waals surface area contributed by atoms with Gasteiger partial charge in [-0.05, 0) is 31.0 Å². The average molecular weight is 270 g/mol. The maximum atomic E-state index is 9.46. The first-order valence-electron chi connectivity index (χ1n) is 5.82. The van der Waals surface area contributed by atoms with Gasteiger partial charge < -0.3 is 20.9 Å². The molecule has 5 nitrogen and oxygen atoms in total.